The van der Waals surface area contributed by atoms with Crippen LogP contribution in [-0.2, 0) is 16.4 Å². The van der Waals surface area contributed by atoms with Gasteiger partial charge < -0.3 is 0 Å². The SMILES string of the molecule is CS(=O)(=O)N1CCC(Cc2nccnc2-c2cnc3ncccn23)C1. The Hall–Kier alpha value is -2.39. The molecule has 0 spiro atoms. The van der Waals surface area contributed by atoms with Gasteiger partial charge in [-0.05, 0) is 24.8 Å². The zero-order valence-electron chi connectivity index (χ0n) is 13.8. The van der Waals surface area contributed by atoms with E-state index in [-0.39, 0.29) is 5.92 Å². The zero-order valence-corrected chi connectivity index (χ0v) is 14.6. The molecule has 0 aliphatic carbocycles. The summed E-state index contributed by atoms with van der Waals surface area (Å²) in [5.41, 5.74) is 2.46. The second-order valence-electron chi connectivity index (χ2n) is 6.26. The van der Waals surface area contributed by atoms with Gasteiger partial charge in [-0.1, -0.05) is 0 Å². The van der Waals surface area contributed by atoms with E-state index < -0.39 is 10.0 Å². The first-order valence-corrected chi connectivity index (χ1v) is 9.90. The quantitative estimate of drug-likeness (QED) is 0.691. The molecule has 0 amide bonds. The summed E-state index contributed by atoms with van der Waals surface area (Å²) in [6.45, 7) is 1.10. The second-order valence-corrected chi connectivity index (χ2v) is 8.25. The van der Waals surface area contributed by atoms with E-state index in [4.69, 9.17) is 0 Å². The molecule has 1 aliphatic heterocycles. The van der Waals surface area contributed by atoms with E-state index in [2.05, 4.69) is 19.9 Å². The second kappa shape index (κ2) is 6.16. The molecule has 0 aromatic carbocycles. The Balaban J connectivity index is 1.64. The summed E-state index contributed by atoms with van der Waals surface area (Å²) in [5.74, 6) is 0.848. The third kappa shape index (κ3) is 3.12. The maximum atomic E-state index is 11.7. The number of aromatic nitrogens is 5. The molecule has 1 saturated heterocycles. The van der Waals surface area contributed by atoms with Crippen LogP contribution < -0.4 is 0 Å². The fraction of sp³-hybridized carbons (Fsp3) is 0.375. The number of hydrogen-bond donors (Lipinski definition) is 0. The Labute approximate surface area is 145 Å². The van der Waals surface area contributed by atoms with E-state index in [9.17, 15) is 8.42 Å². The molecule has 0 radical (unpaired) electrons. The lowest BCUT2D eigenvalue weighted by Crippen LogP contribution is -2.27. The molecule has 9 heteroatoms. The molecule has 130 valence electrons. The minimum Gasteiger partial charge on any atom is -0.282 e. The van der Waals surface area contributed by atoms with E-state index >= 15 is 0 Å². The number of nitrogens with zero attached hydrogens (tertiary/aromatic N) is 6. The summed E-state index contributed by atoms with van der Waals surface area (Å²) < 4.78 is 26.8. The number of fused-ring (bicyclic) bond motifs is 1. The van der Waals surface area contributed by atoms with Crippen LogP contribution in [0.2, 0.25) is 0 Å². The molecule has 1 atom stereocenters. The van der Waals surface area contributed by atoms with E-state index in [0.717, 1.165) is 23.5 Å². The standard InChI is InChI=1S/C16H18N6O2S/c1-25(23,24)21-8-3-12(11-21)9-13-15(18-6-5-17-13)14-10-20-16-19-4-2-7-22(14)16/h2,4-7,10,12H,3,8-9,11H2,1H3. The van der Waals surface area contributed by atoms with Crippen LogP contribution in [0.4, 0.5) is 0 Å². The fourth-order valence-electron chi connectivity index (χ4n) is 3.27. The molecule has 8 nitrogen and oxygen atoms in total. The van der Waals surface area contributed by atoms with Gasteiger partial charge in [-0.25, -0.2) is 22.7 Å². The predicted molar refractivity (Wildman–Crippen MR) is 92.2 cm³/mol. The molecule has 0 saturated carbocycles. The molecular weight excluding hydrogens is 340 g/mol. The average Bonchev–Trinajstić information content (AvgIpc) is 3.22. The van der Waals surface area contributed by atoms with E-state index in [1.807, 2.05) is 16.7 Å². The third-order valence-corrected chi connectivity index (χ3v) is 5.77. The first kappa shape index (κ1) is 16.1. The highest BCUT2D eigenvalue weighted by molar-refractivity contribution is 7.88. The zero-order chi connectivity index (χ0) is 17.4. The summed E-state index contributed by atoms with van der Waals surface area (Å²) in [6.07, 6.45) is 11.4. The van der Waals surface area contributed by atoms with Crippen molar-refractivity contribution in [2.75, 3.05) is 19.3 Å². The number of hydrogen-bond acceptors (Lipinski definition) is 6. The smallest absolute Gasteiger partial charge is 0.234 e. The van der Waals surface area contributed by atoms with Crippen molar-refractivity contribution in [2.45, 2.75) is 12.8 Å². The molecule has 1 unspecified atom stereocenters. The minimum atomic E-state index is -3.13. The van der Waals surface area contributed by atoms with Crippen molar-refractivity contribution < 1.29 is 8.42 Å². The first-order chi connectivity index (χ1) is 12.0. The summed E-state index contributed by atoms with van der Waals surface area (Å²) in [6, 6.07) is 1.84. The van der Waals surface area contributed by atoms with Crippen molar-refractivity contribution in [2.24, 2.45) is 5.92 Å². The Morgan fingerprint density at radius 1 is 1.16 bits per heavy atom. The molecule has 0 bridgehead atoms. The summed E-state index contributed by atoms with van der Waals surface area (Å²) in [7, 11) is -3.13. The lowest BCUT2D eigenvalue weighted by Gasteiger charge is -2.14. The van der Waals surface area contributed by atoms with Crippen LogP contribution in [0.15, 0.2) is 37.1 Å². The van der Waals surface area contributed by atoms with Crippen LogP contribution in [0.25, 0.3) is 17.2 Å². The predicted octanol–water partition coefficient (Wildman–Crippen LogP) is 1.01. The Morgan fingerprint density at radius 3 is 2.80 bits per heavy atom. The van der Waals surface area contributed by atoms with Crippen LogP contribution in [0.5, 0.6) is 0 Å². The van der Waals surface area contributed by atoms with E-state index in [0.29, 0.717) is 25.3 Å². The maximum absolute atomic E-state index is 11.7. The molecule has 3 aromatic rings. The van der Waals surface area contributed by atoms with Gasteiger partial charge in [0.25, 0.3) is 0 Å². The van der Waals surface area contributed by atoms with Crippen LogP contribution in [0, 0.1) is 5.92 Å². The van der Waals surface area contributed by atoms with E-state index in [1.54, 1.807) is 24.8 Å². The molecule has 3 aromatic heterocycles. The van der Waals surface area contributed by atoms with Gasteiger partial charge in [0.05, 0.1) is 23.8 Å². The van der Waals surface area contributed by atoms with Gasteiger partial charge in [-0.3, -0.25) is 14.4 Å². The van der Waals surface area contributed by atoms with Gasteiger partial charge >= 0.3 is 0 Å². The van der Waals surface area contributed by atoms with Crippen molar-refractivity contribution in [3.05, 3.63) is 42.7 Å². The van der Waals surface area contributed by atoms with Crippen molar-refractivity contribution in [1.29, 1.82) is 0 Å². The Bertz CT molecular complexity index is 1020. The van der Waals surface area contributed by atoms with Gasteiger partial charge in [0, 0.05) is 37.9 Å². The third-order valence-electron chi connectivity index (χ3n) is 4.50. The topological polar surface area (TPSA) is 93.4 Å². The van der Waals surface area contributed by atoms with Crippen molar-refractivity contribution in [1.82, 2.24) is 28.6 Å². The summed E-state index contributed by atoms with van der Waals surface area (Å²) in [4.78, 5) is 17.5. The fourth-order valence-corrected chi connectivity index (χ4v) is 4.19. The molecule has 4 rings (SSSR count). The minimum absolute atomic E-state index is 0.238. The molecule has 1 fully saturated rings. The molecule has 4 heterocycles. The van der Waals surface area contributed by atoms with Crippen LogP contribution in [-0.4, -0.2) is 56.4 Å². The van der Waals surface area contributed by atoms with Gasteiger partial charge in [-0.2, -0.15) is 0 Å². The Kier molecular flexibility index (Phi) is 3.97. The summed E-state index contributed by atoms with van der Waals surface area (Å²) >= 11 is 0. The highest BCUT2D eigenvalue weighted by Gasteiger charge is 2.29. The molecule has 1 aliphatic rings. The molecular formula is C16H18N6O2S. The van der Waals surface area contributed by atoms with Gasteiger partial charge in [0.15, 0.2) is 0 Å². The largest absolute Gasteiger partial charge is 0.282 e. The monoisotopic (exact) mass is 358 g/mol. The maximum Gasteiger partial charge on any atom is 0.234 e. The van der Waals surface area contributed by atoms with Crippen molar-refractivity contribution in [3.8, 4) is 11.4 Å². The lowest BCUT2D eigenvalue weighted by atomic mass is 10.0. The molecule has 25 heavy (non-hydrogen) atoms. The number of imidazole rings is 1. The summed E-state index contributed by atoms with van der Waals surface area (Å²) in [5, 5.41) is 0. The molecule has 0 N–H and O–H groups in total. The number of sulfonamides is 1. The van der Waals surface area contributed by atoms with Gasteiger partial charge in [-0.15, -0.1) is 0 Å². The Morgan fingerprint density at radius 2 is 2.00 bits per heavy atom. The van der Waals surface area contributed by atoms with Gasteiger partial charge in [0.1, 0.15) is 5.69 Å². The first-order valence-electron chi connectivity index (χ1n) is 8.06. The highest BCUT2D eigenvalue weighted by Crippen LogP contribution is 2.26. The van der Waals surface area contributed by atoms with Crippen LogP contribution in [0.1, 0.15) is 12.1 Å². The highest BCUT2D eigenvalue weighted by atomic mass is 32.2. The van der Waals surface area contributed by atoms with Crippen molar-refractivity contribution >= 4 is 15.8 Å². The van der Waals surface area contributed by atoms with Crippen molar-refractivity contribution in [3.63, 3.8) is 0 Å². The average molecular weight is 358 g/mol. The van der Waals surface area contributed by atoms with Crippen LogP contribution in [0.3, 0.4) is 0 Å². The van der Waals surface area contributed by atoms with E-state index in [1.165, 1.54) is 10.6 Å². The number of rotatable bonds is 4. The normalized spacial score (nSPS) is 18.8. The van der Waals surface area contributed by atoms with Crippen LogP contribution >= 0.6 is 0 Å². The lowest BCUT2D eigenvalue weighted by molar-refractivity contribution is 0.459. The van der Waals surface area contributed by atoms with Gasteiger partial charge in [0.2, 0.25) is 15.8 Å².